The smallest absolute Gasteiger partial charge is 0.407 e. The number of nitrogens with zero attached hydrogens (tertiary/aromatic N) is 3. The number of aryl methyl sites for hydroxylation is 1. The predicted octanol–water partition coefficient (Wildman–Crippen LogP) is 4.17. The molecular weight excluding hydrogens is 404 g/mol. The van der Waals surface area contributed by atoms with Crippen molar-refractivity contribution in [2.75, 3.05) is 0 Å². The average Bonchev–Trinajstić information content (AvgIpc) is 3.54. The minimum Gasteiger partial charge on any atom is -0.407 e. The van der Waals surface area contributed by atoms with E-state index in [-0.39, 0.29) is 12.3 Å². The molecule has 0 aliphatic heterocycles. The Kier molecular flexibility index (Phi) is 4.50. The predicted molar refractivity (Wildman–Crippen MR) is 109 cm³/mol. The van der Waals surface area contributed by atoms with Crippen LogP contribution >= 0.6 is 0 Å². The van der Waals surface area contributed by atoms with E-state index in [2.05, 4.69) is 9.97 Å². The largest absolute Gasteiger partial charge is 0.419 e. The molecule has 0 bridgehead atoms. The van der Waals surface area contributed by atoms with Crippen LogP contribution in [-0.4, -0.2) is 20.3 Å². The summed E-state index contributed by atoms with van der Waals surface area (Å²) in [5, 5.41) is 0. The highest BCUT2D eigenvalue weighted by atomic mass is 19.1. The van der Waals surface area contributed by atoms with Crippen LogP contribution in [-0.2, 0) is 13.5 Å². The van der Waals surface area contributed by atoms with Crippen molar-refractivity contribution in [1.29, 1.82) is 0 Å². The number of aromatic nitrogens is 3. The molecule has 156 valence electrons. The van der Waals surface area contributed by atoms with E-state index in [1.54, 1.807) is 7.05 Å². The van der Waals surface area contributed by atoms with Crippen LogP contribution in [0.25, 0.3) is 22.4 Å². The van der Waals surface area contributed by atoms with E-state index >= 15 is 0 Å². The first-order valence-corrected chi connectivity index (χ1v) is 9.85. The number of Topliss-reactive ketones (excluding diaryl/α,β-unsaturated/α-hetero) is 1. The summed E-state index contributed by atoms with van der Waals surface area (Å²) in [4.78, 5) is 33.0. The molecule has 1 fully saturated rings. The average molecular weight is 421 g/mol. The van der Waals surface area contributed by atoms with Gasteiger partial charge in [-0.25, -0.2) is 13.6 Å². The molecule has 0 amide bonds. The summed E-state index contributed by atoms with van der Waals surface area (Å²) >= 11 is 0. The molecule has 1 saturated carbocycles. The minimum atomic E-state index is -0.902. The van der Waals surface area contributed by atoms with Crippen LogP contribution in [0.5, 0.6) is 0 Å². The van der Waals surface area contributed by atoms with E-state index in [1.807, 2.05) is 12.1 Å². The molecule has 1 aliphatic rings. The number of carbonyl (C=O) groups excluding carboxylic acids is 1. The SMILES string of the molecule is Cn1c(=O)oc2c(C3CC3)c(-c3cnc(CC(=O)c4c(F)cccc4F)cn3)ccc21. The molecule has 0 N–H and O–H groups in total. The number of ketones is 1. The van der Waals surface area contributed by atoms with Crippen LogP contribution in [0.15, 0.2) is 51.9 Å². The highest BCUT2D eigenvalue weighted by molar-refractivity contribution is 5.97. The Morgan fingerprint density at radius 2 is 1.87 bits per heavy atom. The van der Waals surface area contributed by atoms with Crippen molar-refractivity contribution in [2.45, 2.75) is 25.2 Å². The molecular formula is C23H17F2N3O3. The van der Waals surface area contributed by atoms with Crippen molar-refractivity contribution < 1.29 is 18.0 Å². The number of halogens is 2. The zero-order valence-electron chi connectivity index (χ0n) is 16.6. The Hall–Kier alpha value is -3.68. The normalized spacial score (nSPS) is 13.6. The topological polar surface area (TPSA) is 78.0 Å². The summed E-state index contributed by atoms with van der Waals surface area (Å²) in [5.74, 6) is -2.64. The van der Waals surface area contributed by atoms with Crippen molar-refractivity contribution in [3.8, 4) is 11.3 Å². The van der Waals surface area contributed by atoms with Crippen LogP contribution in [0.3, 0.4) is 0 Å². The molecule has 8 heteroatoms. The molecule has 0 radical (unpaired) electrons. The number of fused-ring (bicyclic) bond motifs is 1. The lowest BCUT2D eigenvalue weighted by molar-refractivity contribution is 0.0983. The molecule has 6 nitrogen and oxygen atoms in total. The molecule has 0 unspecified atom stereocenters. The van der Waals surface area contributed by atoms with E-state index in [9.17, 15) is 18.4 Å². The van der Waals surface area contributed by atoms with Gasteiger partial charge in [-0.1, -0.05) is 12.1 Å². The van der Waals surface area contributed by atoms with E-state index in [1.165, 1.54) is 23.0 Å². The number of hydrogen-bond donors (Lipinski definition) is 0. The summed E-state index contributed by atoms with van der Waals surface area (Å²) in [6.45, 7) is 0. The number of rotatable bonds is 5. The van der Waals surface area contributed by atoms with Crippen LogP contribution in [0, 0.1) is 11.6 Å². The molecule has 2 aromatic heterocycles. The van der Waals surface area contributed by atoms with Crippen LogP contribution in [0.4, 0.5) is 8.78 Å². The quantitative estimate of drug-likeness (QED) is 0.452. The Labute approximate surface area is 175 Å². The lowest BCUT2D eigenvalue weighted by atomic mass is 9.99. The number of carbonyl (C=O) groups is 1. The second kappa shape index (κ2) is 7.23. The van der Waals surface area contributed by atoms with Gasteiger partial charge in [-0.2, -0.15) is 0 Å². The first-order chi connectivity index (χ1) is 14.9. The third-order valence-corrected chi connectivity index (χ3v) is 5.55. The minimum absolute atomic E-state index is 0.271. The fourth-order valence-electron chi connectivity index (χ4n) is 3.82. The number of benzene rings is 2. The summed E-state index contributed by atoms with van der Waals surface area (Å²) in [6.07, 6.45) is 4.67. The van der Waals surface area contributed by atoms with Crippen molar-refractivity contribution in [1.82, 2.24) is 14.5 Å². The molecule has 0 saturated heterocycles. The molecule has 0 spiro atoms. The van der Waals surface area contributed by atoms with Crippen molar-refractivity contribution in [3.63, 3.8) is 0 Å². The summed E-state index contributed by atoms with van der Waals surface area (Å²) in [7, 11) is 1.66. The van der Waals surface area contributed by atoms with E-state index in [4.69, 9.17) is 4.42 Å². The zero-order chi connectivity index (χ0) is 21.7. The first-order valence-electron chi connectivity index (χ1n) is 9.85. The van der Waals surface area contributed by atoms with Crippen molar-refractivity contribution in [3.05, 3.63) is 81.7 Å². The first kappa shape index (κ1) is 19.3. The van der Waals surface area contributed by atoms with Gasteiger partial charge in [-0.3, -0.25) is 19.3 Å². The lowest BCUT2D eigenvalue weighted by Crippen LogP contribution is -2.10. The Morgan fingerprint density at radius 3 is 2.52 bits per heavy atom. The van der Waals surface area contributed by atoms with Gasteiger partial charge in [0.2, 0.25) is 0 Å². The van der Waals surface area contributed by atoms with Crippen molar-refractivity contribution >= 4 is 16.9 Å². The summed E-state index contributed by atoms with van der Waals surface area (Å²) in [6, 6.07) is 6.99. The maximum absolute atomic E-state index is 13.8. The fourth-order valence-corrected chi connectivity index (χ4v) is 3.82. The van der Waals surface area contributed by atoms with Crippen molar-refractivity contribution in [2.24, 2.45) is 7.05 Å². The fraction of sp³-hybridized carbons (Fsp3) is 0.217. The summed E-state index contributed by atoms with van der Waals surface area (Å²) < 4.78 is 34.6. The van der Waals surface area contributed by atoms with Gasteiger partial charge in [0.1, 0.15) is 11.6 Å². The number of hydrogen-bond acceptors (Lipinski definition) is 5. The van der Waals surface area contributed by atoms with Gasteiger partial charge >= 0.3 is 5.76 Å². The highest BCUT2D eigenvalue weighted by Crippen LogP contribution is 2.47. The van der Waals surface area contributed by atoms with Gasteiger partial charge in [0, 0.05) is 24.4 Å². The Morgan fingerprint density at radius 1 is 1.13 bits per heavy atom. The Bertz CT molecular complexity index is 1370. The van der Waals surface area contributed by atoms with E-state index in [0.29, 0.717) is 17.0 Å². The molecule has 2 aromatic carbocycles. The molecule has 2 heterocycles. The second-order valence-electron chi connectivity index (χ2n) is 7.67. The van der Waals surface area contributed by atoms with E-state index in [0.717, 1.165) is 41.6 Å². The third-order valence-electron chi connectivity index (χ3n) is 5.55. The second-order valence-corrected chi connectivity index (χ2v) is 7.67. The van der Waals surface area contributed by atoms with Crippen LogP contribution < -0.4 is 5.76 Å². The molecule has 4 aromatic rings. The number of oxazole rings is 1. The molecule has 1 aliphatic carbocycles. The van der Waals surface area contributed by atoms with Gasteiger partial charge < -0.3 is 4.42 Å². The van der Waals surface area contributed by atoms with Gasteiger partial charge in [-0.15, -0.1) is 0 Å². The van der Waals surface area contributed by atoms with E-state index < -0.39 is 28.7 Å². The molecule has 5 rings (SSSR count). The van der Waals surface area contributed by atoms with Crippen LogP contribution in [0.1, 0.15) is 40.4 Å². The molecule has 0 atom stereocenters. The van der Waals surface area contributed by atoms with Crippen LogP contribution in [0.2, 0.25) is 0 Å². The third kappa shape index (κ3) is 3.34. The monoisotopic (exact) mass is 421 g/mol. The maximum Gasteiger partial charge on any atom is 0.419 e. The van der Waals surface area contributed by atoms with Gasteiger partial charge in [-0.05, 0) is 37.0 Å². The van der Waals surface area contributed by atoms with Gasteiger partial charge in [0.15, 0.2) is 11.4 Å². The van der Waals surface area contributed by atoms with Gasteiger partial charge in [0.25, 0.3) is 0 Å². The standard InChI is InChI=1S/C23H17F2N3O3/c1-28-18-8-7-14(20(12-5-6-12)22(18)31-23(28)30)17-11-26-13(10-27-17)9-19(29)21-15(24)3-2-4-16(21)25/h2-4,7-8,10-12H,5-6,9H2,1H3. The van der Waals surface area contributed by atoms with Gasteiger partial charge in [0.05, 0.1) is 35.1 Å². The maximum atomic E-state index is 13.8. The zero-order valence-corrected chi connectivity index (χ0v) is 16.6. The lowest BCUT2D eigenvalue weighted by Gasteiger charge is -2.09. The molecule has 31 heavy (non-hydrogen) atoms. The summed E-state index contributed by atoms with van der Waals surface area (Å²) in [5.41, 5.74) is 3.33. The Balaban J connectivity index is 1.48. The highest BCUT2D eigenvalue weighted by Gasteiger charge is 2.31.